The topological polar surface area (TPSA) is 67.2 Å². The molecule has 0 bridgehead atoms. The first-order chi connectivity index (χ1) is 11.9. The quantitative estimate of drug-likeness (QED) is 0.822. The van der Waals surface area contributed by atoms with E-state index < -0.39 is 32.2 Å². The lowest BCUT2D eigenvalue weighted by atomic mass is 10.0. The van der Waals surface area contributed by atoms with Crippen LogP contribution >= 0.6 is 0 Å². The molecule has 1 saturated carbocycles. The van der Waals surface area contributed by atoms with Crippen LogP contribution in [0.1, 0.15) is 17.0 Å². The van der Waals surface area contributed by atoms with E-state index in [-0.39, 0.29) is 11.5 Å². The molecule has 0 heterocycles. The number of hydrogen-bond acceptors (Lipinski definition) is 4. The number of benzene rings is 2. The first-order valence-corrected chi connectivity index (χ1v) is 9.37. The maximum Gasteiger partial charge on any atom is 0.183 e. The highest BCUT2D eigenvalue weighted by Gasteiger charge is 2.72. The molecule has 2 aromatic rings. The average Bonchev–Trinajstić information content (AvgIpc) is 3.26. The number of ether oxygens (including phenoxy) is 1. The smallest absolute Gasteiger partial charge is 0.183 e. The number of rotatable bonds is 5. The number of halogens is 1. The van der Waals surface area contributed by atoms with Crippen molar-refractivity contribution in [3.63, 3.8) is 0 Å². The molecule has 0 radical (unpaired) electrons. The molecule has 2 aromatic carbocycles. The predicted octanol–water partition coefficient (Wildman–Crippen LogP) is 3.23. The van der Waals surface area contributed by atoms with Crippen molar-refractivity contribution >= 4 is 9.84 Å². The van der Waals surface area contributed by atoms with Gasteiger partial charge < -0.3 is 4.74 Å². The maximum atomic E-state index is 13.6. The molecule has 0 spiro atoms. The fourth-order valence-corrected chi connectivity index (χ4v) is 5.79. The maximum absolute atomic E-state index is 13.6. The van der Waals surface area contributed by atoms with Crippen LogP contribution in [-0.4, -0.2) is 27.4 Å². The number of nitriles is 1. The molecule has 0 N–H and O–H groups in total. The summed E-state index contributed by atoms with van der Waals surface area (Å²) < 4.78 is 45.0. The third-order valence-corrected chi connectivity index (χ3v) is 7.03. The lowest BCUT2D eigenvalue weighted by Crippen LogP contribution is -2.19. The Labute approximate surface area is 146 Å². The molecule has 130 valence electrons. The summed E-state index contributed by atoms with van der Waals surface area (Å²) in [7, 11) is -2.33. The van der Waals surface area contributed by atoms with E-state index in [0.29, 0.717) is 5.56 Å². The zero-order valence-electron chi connectivity index (χ0n) is 13.9. The van der Waals surface area contributed by atoms with E-state index in [2.05, 4.69) is 6.07 Å². The van der Waals surface area contributed by atoms with Gasteiger partial charge in [-0.05, 0) is 36.8 Å². The van der Waals surface area contributed by atoms with Gasteiger partial charge in [0.25, 0.3) is 0 Å². The van der Waals surface area contributed by atoms with Gasteiger partial charge in [-0.15, -0.1) is 0 Å². The SMILES string of the molecule is COC[C@@]1(C#N)[C@H](c2cccc(F)c2)[C@@H]1S(=O)(=O)c1ccc(C)cc1. The minimum atomic E-state index is -3.76. The Kier molecular flexibility index (Phi) is 4.40. The molecule has 0 amide bonds. The van der Waals surface area contributed by atoms with Gasteiger partial charge in [0.2, 0.25) is 0 Å². The molecular formula is C19H18FNO3S. The van der Waals surface area contributed by atoms with Crippen molar-refractivity contribution in [2.75, 3.05) is 13.7 Å². The molecular weight excluding hydrogens is 341 g/mol. The van der Waals surface area contributed by atoms with Crippen LogP contribution in [-0.2, 0) is 14.6 Å². The minimum Gasteiger partial charge on any atom is -0.383 e. The summed E-state index contributed by atoms with van der Waals surface area (Å²) in [4.78, 5) is 0.165. The second-order valence-electron chi connectivity index (χ2n) is 6.40. The monoisotopic (exact) mass is 359 g/mol. The van der Waals surface area contributed by atoms with Crippen molar-refractivity contribution in [1.29, 1.82) is 5.26 Å². The highest BCUT2D eigenvalue weighted by molar-refractivity contribution is 7.92. The van der Waals surface area contributed by atoms with Crippen LogP contribution in [0.2, 0.25) is 0 Å². The molecule has 3 atom stereocenters. The van der Waals surface area contributed by atoms with Crippen LogP contribution in [0, 0.1) is 29.5 Å². The van der Waals surface area contributed by atoms with Crippen LogP contribution in [0.5, 0.6) is 0 Å². The third-order valence-electron chi connectivity index (χ3n) is 4.74. The molecule has 1 aliphatic rings. The van der Waals surface area contributed by atoms with Crippen LogP contribution in [0.3, 0.4) is 0 Å². The normalized spacial score (nSPS) is 25.4. The first kappa shape index (κ1) is 17.6. The Bertz CT molecular complexity index is 934. The van der Waals surface area contributed by atoms with Gasteiger partial charge in [-0.1, -0.05) is 29.8 Å². The number of nitrogens with zero attached hydrogens (tertiary/aromatic N) is 1. The molecule has 0 unspecified atom stereocenters. The van der Waals surface area contributed by atoms with Crippen LogP contribution in [0.4, 0.5) is 4.39 Å². The van der Waals surface area contributed by atoms with Gasteiger partial charge in [0.05, 0.1) is 22.8 Å². The molecule has 1 fully saturated rings. The van der Waals surface area contributed by atoms with Gasteiger partial charge in [0.15, 0.2) is 9.84 Å². The molecule has 25 heavy (non-hydrogen) atoms. The summed E-state index contributed by atoms with van der Waals surface area (Å²) in [5.41, 5.74) is 0.228. The molecule has 3 rings (SSSR count). The van der Waals surface area contributed by atoms with Crippen LogP contribution in [0.25, 0.3) is 0 Å². The van der Waals surface area contributed by atoms with Gasteiger partial charge in [-0.3, -0.25) is 0 Å². The minimum absolute atomic E-state index is 0.0273. The zero-order valence-corrected chi connectivity index (χ0v) is 14.8. The molecule has 0 aromatic heterocycles. The Morgan fingerprint density at radius 1 is 1.24 bits per heavy atom. The van der Waals surface area contributed by atoms with E-state index in [9.17, 15) is 18.1 Å². The van der Waals surface area contributed by atoms with Gasteiger partial charge in [-0.2, -0.15) is 5.26 Å². The van der Waals surface area contributed by atoms with Crippen LogP contribution in [0.15, 0.2) is 53.4 Å². The Morgan fingerprint density at radius 2 is 1.92 bits per heavy atom. The number of aryl methyl sites for hydroxylation is 1. The van der Waals surface area contributed by atoms with E-state index >= 15 is 0 Å². The van der Waals surface area contributed by atoms with E-state index in [1.165, 1.54) is 25.3 Å². The highest BCUT2D eigenvalue weighted by Crippen LogP contribution is 2.63. The summed E-state index contributed by atoms with van der Waals surface area (Å²) in [6.07, 6.45) is 0. The summed E-state index contributed by atoms with van der Waals surface area (Å²) in [5.74, 6) is -1.08. The number of methoxy groups -OCH3 is 1. The van der Waals surface area contributed by atoms with Crippen molar-refractivity contribution in [2.24, 2.45) is 5.41 Å². The predicted molar refractivity (Wildman–Crippen MR) is 91.2 cm³/mol. The lowest BCUT2D eigenvalue weighted by Gasteiger charge is -2.08. The van der Waals surface area contributed by atoms with E-state index in [1.807, 2.05) is 6.92 Å². The summed E-state index contributed by atoms with van der Waals surface area (Å²) >= 11 is 0. The van der Waals surface area contributed by atoms with E-state index in [1.54, 1.807) is 30.3 Å². The fourth-order valence-electron chi connectivity index (χ4n) is 3.48. The van der Waals surface area contributed by atoms with Gasteiger partial charge in [0.1, 0.15) is 11.2 Å². The van der Waals surface area contributed by atoms with Crippen molar-refractivity contribution in [1.82, 2.24) is 0 Å². The Morgan fingerprint density at radius 3 is 2.48 bits per heavy atom. The molecule has 4 nitrogen and oxygen atoms in total. The summed E-state index contributed by atoms with van der Waals surface area (Å²) in [6, 6.07) is 14.4. The van der Waals surface area contributed by atoms with Crippen molar-refractivity contribution in [3.05, 3.63) is 65.5 Å². The first-order valence-electron chi connectivity index (χ1n) is 7.83. The molecule has 0 aliphatic heterocycles. The standard InChI is InChI=1S/C19H18FNO3S/c1-13-6-8-16(9-7-13)25(22,23)18-17(19(18,11-21)12-24-2)14-4-3-5-15(20)10-14/h3-10,17-18H,12H2,1-2H3/t17-,18+,19+/m1/s1. The number of sulfone groups is 1. The summed E-state index contributed by atoms with van der Waals surface area (Å²) in [5, 5.41) is 8.76. The molecule has 6 heteroatoms. The largest absolute Gasteiger partial charge is 0.383 e. The van der Waals surface area contributed by atoms with Gasteiger partial charge in [0, 0.05) is 13.0 Å². The van der Waals surface area contributed by atoms with E-state index in [0.717, 1.165) is 5.56 Å². The second kappa shape index (κ2) is 6.25. The highest BCUT2D eigenvalue weighted by atomic mass is 32.2. The zero-order chi connectivity index (χ0) is 18.2. The number of hydrogen-bond donors (Lipinski definition) is 0. The van der Waals surface area contributed by atoms with Crippen LogP contribution < -0.4 is 0 Å². The second-order valence-corrected chi connectivity index (χ2v) is 8.47. The van der Waals surface area contributed by atoms with Gasteiger partial charge in [-0.25, -0.2) is 12.8 Å². The van der Waals surface area contributed by atoms with Crippen molar-refractivity contribution in [3.8, 4) is 6.07 Å². The van der Waals surface area contributed by atoms with Crippen molar-refractivity contribution < 1.29 is 17.5 Å². The Hall–Kier alpha value is -2.23. The lowest BCUT2D eigenvalue weighted by molar-refractivity contribution is 0.162. The van der Waals surface area contributed by atoms with E-state index in [4.69, 9.17) is 4.74 Å². The molecule has 0 saturated heterocycles. The average molecular weight is 359 g/mol. The van der Waals surface area contributed by atoms with Crippen molar-refractivity contribution in [2.45, 2.75) is 23.0 Å². The Balaban J connectivity index is 2.09. The third kappa shape index (κ3) is 2.84. The summed E-state index contributed by atoms with van der Waals surface area (Å²) in [6.45, 7) is 1.84. The fraction of sp³-hybridized carbons (Fsp3) is 0.316. The molecule has 1 aliphatic carbocycles. The van der Waals surface area contributed by atoms with Gasteiger partial charge >= 0.3 is 0 Å².